The van der Waals surface area contributed by atoms with Crippen molar-refractivity contribution in [2.75, 3.05) is 33.7 Å². The molecule has 7 nitrogen and oxygen atoms in total. The molecule has 2 rings (SSSR count). The normalized spacial score (nSPS) is 12.1. The summed E-state index contributed by atoms with van der Waals surface area (Å²) in [5.41, 5.74) is 1.45. The monoisotopic (exact) mass is 391 g/mol. The summed E-state index contributed by atoms with van der Waals surface area (Å²) >= 11 is 0. The number of nitrogens with zero attached hydrogens (tertiary/aromatic N) is 2. The van der Waals surface area contributed by atoms with E-state index >= 15 is 0 Å². The van der Waals surface area contributed by atoms with Crippen LogP contribution in [0.2, 0.25) is 0 Å². The Morgan fingerprint density at radius 3 is 2.68 bits per heavy atom. The molecule has 3 N–H and O–H groups in total. The summed E-state index contributed by atoms with van der Waals surface area (Å²) in [5, 5.41) is 7.28. The highest BCUT2D eigenvalue weighted by Gasteiger charge is 2.19. The summed E-state index contributed by atoms with van der Waals surface area (Å²) < 4.78 is 18.8. The molecule has 0 spiro atoms. The SMILES string of the molecule is CN=C(NCCc1c[nH]c2ccc(F)cc12)NCCN(C)C(=O)OC(C)(C)C. The predicted molar refractivity (Wildman–Crippen MR) is 110 cm³/mol. The topological polar surface area (TPSA) is 81.8 Å². The Morgan fingerprint density at radius 1 is 1.29 bits per heavy atom. The Balaban J connectivity index is 1.75. The van der Waals surface area contributed by atoms with E-state index in [4.69, 9.17) is 4.74 Å². The molecule has 1 aromatic heterocycles. The highest BCUT2D eigenvalue weighted by atomic mass is 19.1. The number of benzene rings is 1. The standard InChI is InChI=1S/C20H30FN5O2/c1-20(2,3)28-19(27)26(5)11-10-24-18(22-4)23-9-8-14-13-25-17-7-6-15(21)12-16(14)17/h6-7,12-13,25H,8-11H2,1-5H3,(H2,22,23,24). The molecular formula is C20H30FN5O2. The summed E-state index contributed by atoms with van der Waals surface area (Å²) in [4.78, 5) is 20.8. The molecule has 0 bridgehead atoms. The summed E-state index contributed by atoms with van der Waals surface area (Å²) in [5.74, 6) is 0.400. The molecule has 0 aliphatic heterocycles. The number of guanidine groups is 1. The number of amides is 1. The number of likely N-dealkylation sites (N-methyl/N-ethyl adjacent to an activating group) is 1. The smallest absolute Gasteiger partial charge is 0.410 e. The number of rotatable bonds is 6. The van der Waals surface area contributed by atoms with Crippen LogP contribution in [-0.2, 0) is 11.2 Å². The first-order valence-corrected chi connectivity index (χ1v) is 9.34. The van der Waals surface area contributed by atoms with Gasteiger partial charge in [-0.1, -0.05) is 0 Å². The van der Waals surface area contributed by atoms with E-state index in [-0.39, 0.29) is 11.9 Å². The Labute approximate surface area is 165 Å². The number of aliphatic imine (C=N–C) groups is 1. The van der Waals surface area contributed by atoms with Crippen molar-refractivity contribution in [1.82, 2.24) is 20.5 Å². The fraction of sp³-hybridized carbons (Fsp3) is 0.500. The lowest BCUT2D eigenvalue weighted by Gasteiger charge is -2.24. The maximum absolute atomic E-state index is 13.5. The minimum Gasteiger partial charge on any atom is -0.444 e. The summed E-state index contributed by atoms with van der Waals surface area (Å²) in [6, 6.07) is 4.73. The number of fused-ring (bicyclic) bond motifs is 1. The van der Waals surface area contributed by atoms with E-state index < -0.39 is 5.60 Å². The lowest BCUT2D eigenvalue weighted by molar-refractivity contribution is 0.0302. The number of H-pyrrole nitrogens is 1. The molecule has 0 aliphatic carbocycles. The molecule has 0 radical (unpaired) electrons. The molecule has 2 aromatic rings. The van der Waals surface area contributed by atoms with Gasteiger partial charge in [0.2, 0.25) is 0 Å². The Hall–Kier alpha value is -2.77. The highest BCUT2D eigenvalue weighted by Crippen LogP contribution is 2.19. The Morgan fingerprint density at radius 2 is 2.00 bits per heavy atom. The molecule has 1 amide bonds. The van der Waals surface area contributed by atoms with Gasteiger partial charge in [0, 0.05) is 50.8 Å². The molecule has 0 saturated carbocycles. The van der Waals surface area contributed by atoms with E-state index in [1.54, 1.807) is 26.2 Å². The summed E-state index contributed by atoms with van der Waals surface area (Å²) in [6.07, 6.45) is 2.27. The number of hydrogen-bond donors (Lipinski definition) is 3. The van der Waals surface area contributed by atoms with Gasteiger partial charge in [0.25, 0.3) is 0 Å². The van der Waals surface area contributed by atoms with E-state index in [2.05, 4.69) is 20.6 Å². The van der Waals surface area contributed by atoms with Gasteiger partial charge in [0.15, 0.2) is 5.96 Å². The molecule has 0 unspecified atom stereocenters. The van der Waals surface area contributed by atoms with Crippen LogP contribution < -0.4 is 10.6 Å². The second kappa shape index (κ2) is 9.43. The van der Waals surface area contributed by atoms with Gasteiger partial charge in [-0.15, -0.1) is 0 Å². The van der Waals surface area contributed by atoms with Gasteiger partial charge in [-0.2, -0.15) is 0 Å². The van der Waals surface area contributed by atoms with E-state index in [1.165, 1.54) is 11.0 Å². The minimum absolute atomic E-state index is 0.243. The maximum atomic E-state index is 13.5. The van der Waals surface area contributed by atoms with Crippen molar-refractivity contribution in [3.63, 3.8) is 0 Å². The van der Waals surface area contributed by atoms with Gasteiger partial charge in [0.1, 0.15) is 11.4 Å². The van der Waals surface area contributed by atoms with Crippen molar-refractivity contribution in [2.24, 2.45) is 4.99 Å². The largest absolute Gasteiger partial charge is 0.444 e. The predicted octanol–water partition coefficient (Wildman–Crippen LogP) is 2.88. The lowest BCUT2D eigenvalue weighted by Crippen LogP contribution is -2.43. The lowest BCUT2D eigenvalue weighted by atomic mass is 10.1. The molecule has 8 heteroatoms. The van der Waals surface area contributed by atoms with Crippen LogP contribution in [0.15, 0.2) is 29.4 Å². The molecule has 1 heterocycles. The second-order valence-electron chi connectivity index (χ2n) is 7.58. The first-order valence-electron chi connectivity index (χ1n) is 9.34. The molecule has 0 aliphatic rings. The van der Waals surface area contributed by atoms with E-state index in [1.807, 2.05) is 27.0 Å². The number of carbonyl (C=O) groups excluding carboxylic acids is 1. The van der Waals surface area contributed by atoms with Crippen molar-refractivity contribution in [3.05, 3.63) is 35.8 Å². The minimum atomic E-state index is -0.512. The zero-order valence-electron chi connectivity index (χ0n) is 17.2. The van der Waals surface area contributed by atoms with Crippen molar-refractivity contribution in [3.8, 4) is 0 Å². The number of halogens is 1. The fourth-order valence-electron chi connectivity index (χ4n) is 2.67. The first-order chi connectivity index (χ1) is 13.2. The fourth-order valence-corrected chi connectivity index (χ4v) is 2.67. The average Bonchev–Trinajstić information content (AvgIpc) is 3.01. The highest BCUT2D eigenvalue weighted by molar-refractivity contribution is 5.83. The summed E-state index contributed by atoms with van der Waals surface area (Å²) in [6.45, 7) is 7.18. The third-order valence-corrected chi connectivity index (χ3v) is 4.08. The molecule has 1 aromatic carbocycles. The molecule has 28 heavy (non-hydrogen) atoms. The number of aromatic nitrogens is 1. The van der Waals surface area contributed by atoms with Crippen molar-refractivity contribution in [2.45, 2.75) is 32.8 Å². The number of nitrogens with one attached hydrogen (secondary N) is 3. The zero-order chi connectivity index (χ0) is 20.7. The van der Waals surface area contributed by atoms with Crippen LogP contribution in [0.3, 0.4) is 0 Å². The molecule has 0 saturated heterocycles. The van der Waals surface area contributed by atoms with Crippen molar-refractivity contribution in [1.29, 1.82) is 0 Å². The van der Waals surface area contributed by atoms with Gasteiger partial charge in [-0.3, -0.25) is 4.99 Å². The number of ether oxygens (including phenoxy) is 1. The third kappa shape index (κ3) is 6.44. The molecular weight excluding hydrogens is 361 g/mol. The maximum Gasteiger partial charge on any atom is 0.410 e. The quantitative estimate of drug-likeness (QED) is 0.522. The Bertz CT molecular complexity index is 826. The van der Waals surface area contributed by atoms with Crippen LogP contribution in [0, 0.1) is 5.82 Å². The molecule has 0 atom stereocenters. The van der Waals surface area contributed by atoms with Crippen LogP contribution in [0.4, 0.5) is 9.18 Å². The zero-order valence-corrected chi connectivity index (χ0v) is 17.2. The number of aromatic amines is 1. The van der Waals surface area contributed by atoms with E-state index in [9.17, 15) is 9.18 Å². The van der Waals surface area contributed by atoms with Crippen LogP contribution >= 0.6 is 0 Å². The van der Waals surface area contributed by atoms with E-state index in [0.29, 0.717) is 25.6 Å². The van der Waals surface area contributed by atoms with Gasteiger partial charge >= 0.3 is 6.09 Å². The average molecular weight is 391 g/mol. The summed E-state index contributed by atoms with van der Waals surface area (Å²) in [7, 11) is 3.38. The molecule has 0 fully saturated rings. The first kappa shape index (κ1) is 21.5. The second-order valence-corrected chi connectivity index (χ2v) is 7.58. The van der Waals surface area contributed by atoms with E-state index in [0.717, 1.165) is 22.9 Å². The van der Waals surface area contributed by atoms with Gasteiger partial charge < -0.3 is 25.3 Å². The van der Waals surface area contributed by atoms with Crippen molar-refractivity contribution < 1.29 is 13.9 Å². The van der Waals surface area contributed by atoms with Gasteiger partial charge in [-0.25, -0.2) is 9.18 Å². The van der Waals surface area contributed by atoms with Crippen LogP contribution in [0.25, 0.3) is 10.9 Å². The third-order valence-electron chi connectivity index (χ3n) is 4.08. The van der Waals surface area contributed by atoms with Crippen molar-refractivity contribution >= 4 is 23.0 Å². The number of carbonyl (C=O) groups is 1. The number of hydrogen-bond acceptors (Lipinski definition) is 3. The van der Waals surface area contributed by atoms with Gasteiger partial charge in [0.05, 0.1) is 0 Å². The van der Waals surface area contributed by atoms with Gasteiger partial charge in [-0.05, 0) is 51.0 Å². The molecule has 154 valence electrons. The van der Waals surface area contributed by atoms with Crippen LogP contribution in [0.1, 0.15) is 26.3 Å². The van der Waals surface area contributed by atoms with Crippen LogP contribution in [0.5, 0.6) is 0 Å². The Kier molecular flexibility index (Phi) is 7.25. The van der Waals surface area contributed by atoms with Crippen LogP contribution in [-0.4, -0.2) is 61.3 Å².